The summed E-state index contributed by atoms with van der Waals surface area (Å²) in [5, 5.41) is 0. The molecule has 0 bridgehead atoms. The molecule has 82 valence electrons. The highest BCUT2D eigenvalue weighted by molar-refractivity contribution is 5.40. The van der Waals surface area contributed by atoms with Crippen LogP contribution in [0.5, 0.6) is 0 Å². The van der Waals surface area contributed by atoms with E-state index in [4.69, 9.17) is 4.74 Å². The van der Waals surface area contributed by atoms with Gasteiger partial charge in [0.1, 0.15) is 12.1 Å². The highest BCUT2D eigenvalue weighted by Crippen LogP contribution is 2.19. The molecule has 4 nitrogen and oxygen atoms in total. The Kier molecular flexibility index (Phi) is 2.86. The zero-order valence-electron chi connectivity index (χ0n) is 9.47. The van der Waals surface area contributed by atoms with Crippen molar-refractivity contribution < 1.29 is 4.74 Å². The van der Waals surface area contributed by atoms with Crippen LogP contribution in [0.1, 0.15) is 25.5 Å². The number of likely N-dealkylation sites (N-methyl/N-ethyl adjacent to an activating group) is 1. The molecule has 1 fully saturated rings. The molecule has 1 aromatic rings. The third kappa shape index (κ3) is 2.09. The first kappa shape index (κ1) is 10.4. The van der Waals surface area contributed by atoms with E-state index in [2.05, 4.69) is 41.8 Å². The minimum Gasteiger partial charge on any atom is -0.377 e. The lowest BCUT2D eigenvalue weighted by Crippen LogP contribution is -2.47. The highest BCUT2D eigenvalue weighted by atomic mass is 16.5. The first-order chi connectivity index (χ1) is 7.18. The monoisotopic (exact) mass is 207 g/mol. The molecule has 0 radical (unpaired) electrons. The average Bonchev–Trinajstić information content (AvgIpc) is 2.15. The molecule has 0 N–H and O–H groups in total. The van der Waals surface area contributed by atoms with Gasteiger partial charge >= 0.3 is 0 Å². The van der Waals surface area contributed by atoms with E-state index in [-0.39, 0.29) is 0 Å². The number of aromatic nitrogens is 2. The van der Waals surface area contributed by atoms with Crippen molar-refractivity contribution in [3.8, 4) is 0 Å². The lowest BCUT2D eigenvalue weighted by Gasteiger charge is -2.35. The molecule has 0 amide bonds. The summed E-state index contributed by atoms with van der Waals surface area (Å²) in [6.07, 6.45) is 1.64. The second kappa shape index (κ2) is 4.14. The Morgan fingerprint density at radius 1 is 1.40 bits per heavy atom. The first-order valence-corrected chi connectivity index (χ1v) is 5.31. The molecular weight excluding hydrogens is 190 g/mol. The number of hydrogen-bond acceptors (Lipinski definition) is 4. The van der Waals surface area contributed by atoms with Crippen molar-refractivity contribution in [2.75, 3.05) is 25.2 Å². The van der Waals surface area contributed by atoms with Gasteiger partial charge < -0.3 is 9.64 Å². The van der Waals surface area contributed by atoms with Crippen LogP contribution in [0.25, 0.3) is 0 Å². The molecule has 0 aliphatic carbocycles. The van der Waals surface area contributed by atoms with Gasteiger partial charge in [-0.25, -0.2) is 9.97 Å². The molecule has 2 rings (SSSR count). The zero-order chi connectivity index (χ0) is 10.8. The Balaban J connectivity index is 2.16. The van der Waals surface area contributed by atoms with E-state index in [1.807, 2.05) is 0 Å². The van der Waals surface area contributed by atoms with Crippen LogP contribution in [0.4, 0.5) is 5.82 Å². The van der Waals surface area contributed by atoms with Crippen molar-refractivity contribution in [1.29, 1.82) is 0 Å². The maximum absolute atomic E-state index is 5.17. The van der Waals surface area contributed by atoms with Crippen LogP contribution in [0.3, 0.4) is 0 Å². The number of ether oxygens (including phenoxy) is 1. The predicted molar refractivity (Wildman–Crippen MR) is 59.1 cm³/mol. The summed E-state index contributed by atoms with van der Waals surface area (Å²) in [6, 6.07) is 2.53. The van der Waals surface area contributed by atoms with Crippen LogP contribution in [0.2, 0.25) is 0 Å². The second-order valence-corrected chi connectivity index (χ2v) is 4.26. The molecule has 0 atom stereocenters. The highest BCUT2D eigenvalue weighted by Gasteiger charge is 2.24. The van der Waals surface area contributed by atoms with Crippen LogP contribution >= 0.6 is 0 Å². The van der Waals surface area contributed by atoms with Crippen LogP contribution in [0, 0.1) is 0 Å². The fraction of sp³-hybridized carbons (Fsp3) is 0.636. The van der Waals surface area contributed by atoms with Gasteiger partial charge in [0.15, 0.2) is 0 Å². The van der Waals surface area contributed by atoms with E-state index >= 15 is 0 Å². The van der Waals surface area contributed by atoms with Gasteiger partial charge in [0.25, 0.3) is 0 Å². The minimum atomic E-state index is 0.442. The summed E-state index contributed by atoms with van der Waals surface area (Å²) in [5.74, 6) is 1.43. The average molecular weight is 207 g/mol. The SMILES string of the molecule is CC(C)c1cc(N(C)C2COC2)ncn1. The third-order valence-electron chi connectivity index (χ3n) is 2.79. The summed E-state index contributed by atoms with van der Waals surface area (Å²) >= 11 is 0. The molecule has 0 unspecified atom stereocenters. The van der Waals surface area contributed by atoms with Gasteiger partial charge in [-0.3, -0.25) is 0 Å². The van der Waals surface area contributed by atoms with Crippen molar-refractivity contribution in [3.63, 3.8) is 0 Å². The summed E-state index contributed by atoms with van der Waals surface area (Å²) in [6.45, 7) is 5.88. The molecular formula is C11H17N3O. The van der Waals surface area contributed by atoms with Gasteiger partial charge in [-0.15, -0.1) is 0 Å². The molecule has 4 heteroatoms. The van der Waals surface area contributed by atoms with E-state index in [1.165, 1.54) is 0 Å². The van der Waals surface area contributed by atoms with Gasteiger partial charge in [-0.2, -0.15) is 0 Å². The second-order valence-electron chi connectivity index (χ2n) is 4.26. The van der Waals surface area contributed by atoms with E-state index in [0.29, 0.717) is 12.0 Å². The van der Waals surface area contributed by atoms with Gasteiger partial charge in [-0.05, 0) is 5.92 Å². The quantitative estimate of drug-likeness (QED) is 0.751. The van der Waals surface area contributed by atoms with Crippen molar-refractivity contribution in [2.45, 2.75) is 25.8 Å². The molecule has 15 heavy (non-hydrogen) atoms. The molecule has 1 aromatic heterocycles. The van der Waals surface area contributed by atoms with Crippen LogP contribution in [-0.2, 0) is 4.74 Å². The van der Waals surface area contributed by atoms with Gasteiger partial charge in [0.05, 0.1) is 19.3 Å². The lowest BCUT2D eigenvalue weighted by atomic mass is 10.1. The van der Waals surface area contributed by atoms with E-state index in [9.17, 15) is 0 Å². The van der Waals surface area contributed by atoms with Gasteiger partial charge in [0, 0.05) is 18.8 Å². The molecule has 2 heterocycles. The van der Waals surface area contributed by atoms with E-state index < -0.39 is 0 Å². The lowest BCUT2D eigenvalue weighted by molar-refractivity contribution is 0.00987. The fourth-order valence-electron chi connectivity index (χ4n) is 1.50. The molecule has 1 aliphatic heterocycles. The molecule has 0 saturated carbocycles. The maximum atomic E-state index is 5.17. The summed E-state index contributed by atoms with van der Waals surface area (Å²) in [7, 11) is 2.06. The smallest absolute Gasteiger partial charge is 0.132 e. The number of anilines is 1. The molecule has 0 spiro atoms. The summed E-state index contributed by atoms with van der Waals surface area (Å²) in [4.78, 5) is 10.7. The number of nitrogens with zero attached hydrogens (tertiary/aromatic N) is 3. The minimum absolute atomic E-state index is 0.442. The largest absolute Gasteiger partial charge is 0.377 e. The standard InChI is InChI=1S/C11H17N3O/c1-8(2)10-4-11(13-7-12-10)14(3)9-5-15-6-9/h4,7-9H,5-6H2,1-3H3. The van der Waals surface area contributed by atoms with Gasteiger partial charge in [-0.1, -0.05) is 13.8 Å². The Bertz CT molecular complexity index is 336. The molecule has 1 aliphatic rings. The Labute approximate surface area is 90.3 Å². The summed E-state index contributed by atoms with van der Waals surface area (Å²) < 4.78 is 5.17. The molecule has 0 aromatic carbocycles. The van der Waals surface area contributed by atoms with Crippen molar-refractivity contribution in [1.82, 2.24) is 9.97 Å². The van der Waals surface area contributed by atoms with Crippen LogP contribution in [-0.4, -0.2) is 36.3 Å². The first-order valence-electron chi connectivity index (χ1n) is 5.31. The Morgan fingerprint density at radius 2 is 2.13 bits per heavy atom. The topological polar surface area (TPSA) is 38.2 Å². The summed E-state index contributed by atoms with van der Waals surface area (Å²) in [5.41, 5.74) is 1.09. The van der Waals surface area contributed by atoms with Gasteiger partial charge in [0.2, 0.25) is 0 Å². The third-order valence-corrected chi connectivity index (χ3v) is 2.79. The van der Waals surface area contributed by atoms with E-state index in [0.717, 1.165) is 24.7 Å². The predicted octanol–water partition coefficient (Wildman–Crippen LogP) is 1.43. The van der Waals surface area contributed by atoms with Crippen molar-refractivity contribution in [3.05, 3.63) is 18.1 Å². The Hall–Kier alpha value is -1.16. The Morgan fingerprint density at radius 3 is 2.67 bits per heavy atom. The number of rotatable bonds is 3. The van der Waals surface area contributed by atoms with Crippen LogP contribution < -0.4 is 4.90 Å². The fourth-order valence-corrected chi connectivity index (χ4v) is 1.50. The van der Waals surface area contributed by atoms with Crippen LogP contribution in [0.15, 0.2) is 12.4 Å². The van der Waals surface area contributed by atoms with E-state index in [1.54, 1.807) is 6.33 Å². The maximum Gasteiger partial charge on any atom is 0.132 e. The van der Waals surface area contributed by atoms with Crippen molar-refractivity contribution in [2.24, 2.45) is 0 Å². The van der Waals surface area contributed by atoms with Crippen molar-refractivity contribution >= 4 is 5.82 Å². The zero-order valence-corrected chi connectivity index (χ0v) is 9.47. The number of hydrogen-bond donors (Lipinski definition) is 0. The molecule has 1 saturated heterocycles. The normalized spacial score (nSPS) is 16.5.